The summed E-state index contributed by atoms with van der Waals surface area (Å²) in [5.74, 6) is -0.588. The Labute approximate surface area is 122 Å². The summed E-state index contributed by atoms with van der Waals surface area (Å²) in [5.41, 5.74) is -0.495. The lowest BCUT2D eigenvalue weighted by atomic mass is 9.75. The summed E-state index contributed by atoms with van der Waals surface area (Å²) in [6.07, 6.45) is 8.59. The van der Waals surface area contributed by atoms with Gasteiger partial charge in [-0.05, 0) is 51.5 Å². The molecule has 2 fully saturated rings. The van der Waals surface area contributed by atoms with Crippen molar-refractivity contribution in [3.05, 3.63) is 0 Å². The second-order valence-electron chi connectivity index (χ2n) is 6.58. The van der Waals surface area contributed by atoms with E-state index in [1.54, 1.807) is 7.11 Å². The van der Waals surface area contributed by atoms with Crippen LogP contribution in [0.2, 0.25) is 0 Å². The van der Waals surface area contributed by atoms with Crippen molar-refractivity contribution in [3.63, 3.8) is 0 Å². The standard InChI is InChI=1S/C16H29NO3/c1-3-9-16(15(18)19)10-4-11-17(12-16)13-5-7-14(20-2)8-6-13/h13-14H,3-12H2,1-2H3,(H,18,19). The lowest BCUT2D eigenvalue weighted by Crippen LogP contribution is -2.52. The van der Waals surface area contributed by atoms with Crippen molar-refractivity contribution < 1.29 is 14.6 Å². The first-order chi connectivity index (χ1) is 9.61. The van der Waals surface area contributed by atoms with Gasteiger partial charge >= 0.3 is 5.97 Å². The molecule has 116 valence electrons. The number of carbonyl (C=O) groups is 1. The molecule has 1 aliphatic heterocycles. The molecule has 20 heavy (non-hydrogen) atoms. The van der Waals surface area contributed by atoms with Gasteiger partial charge in [-0.3, -0.25) is 9.69 Å². The minimum absolute atomic E-state index is 0.413. The molecule has 4 nitrogen and oxygen atoms in total. The van der Waals surface area contributed by atoms with Crippen molar-refractivity contribution in [2.24, 2.45) is 5.41 Å². The van der Waals surface area contributed by atoms with E-state index in [4.69, 9.17) is 4.74 Å². The van der Waals surface area contributed by atoms with Gasteiger partial charge in [-0.2, -0.15) is 0 Å². The van der Waals surface area contributed by atoms with E-state index in [1.165, 1.54) is 0 Å². The first kappa shape index (κ1) is 15.8. The van der Waals surface area contributed by atoms with Crippen LogP contribution in [0, 0.1) is 5.41 Å². The highest BCUT2D eigenvalue weighted by atomic mass is 16.5. The average molecular weight is 283 g/mol. The van der Waals surface area contributed by atoms with Crippen molar-refractivity contribution in [3.8, 4) is 0 Å². The molecule has 1 saturated heterocycles. The van der Waals surface area contributed by atoms with E-state index in [0.29, 0.717) is 12.1 Å². The maximum absolute atomic E-state index is 11.7. The van der Waals surface area contributed by atoms with E-state index in [9.17, 15) is 9.90 Å². The van der Waals surface area contributed by atoms with Crippen LogP contribution < -0.4 is 0 Å². The third-order valence-electron chi connectivity index (χ3n) is 5.28. The number of ether oxygens (including phenoxy) is 1. The Balaban J connectivity index is 1.97. The molecule has 0 radical (unpaired) electrons. The highest BCUT2D eigenvalue weighted by Crippen LogP contribution is 2.37. The summed E-state index contributed by atoms with van der Waals surface area (Å²) >= 11 is 0. The van der Waals surface area contributed by atoms with Crippen LogP contribution >= 0.6 is 0 Å². The second-order valence-corrected chi connectivity index (χ2v) is 6.58. The number of hydrogen-bond donors (Lipinski definition) is 1. The monoisotopic (exact) mass is 283 g/mol. The van der Waals surface area contributed by atoms with Crippen molar-refractivity contribution in [2.75, 3.05) is 20.2 Å². The van der Waals surface area contributed by atoms with Gasteiger partial charge < -0.3 is 9.84 Å². The highest BCUT2D eigenvalue weighted by Gasteiger charge is 2.43. The van der Waals surface area contributed by atoms with Gasteiger partial charge in [0.25, 0.3) is 0 Å². The number of carboxylic acids is 1. The maximum atomic E-state index is 11.7. The SMILES string of the molecule is CCCC1(C(=O)O)CCCN(C2CCC(OC)CC2)C1. The van der Waals surface area contributed by atoms with E-state index in [0.717, 1.165) is 64.5 Å². The zero-order valence-electron chi connectivity index (χ0n) is 12.9. The zero-order valence-corrected chi connectivity index (χ0v) is 12.9. The molecule has 0 aromatic heterocycles. The minimum Gasteiger partial charge on any atom is -0.481 e. The predicted octanol–water partition coefficient (Wildman–Crippen LogP) is 2.91. The smallest absolute Gasteiger partial charge is 0.310 e. The van der Waals surface area contributed by atoms with Crippen molar-refractivity contribution in [1.82, 2.24) is 4.90 Å². The topological polar surface area (TPSA) is 49.8 Å². The van der Waals surface area contributed by atoms with E-state index in [2.05, 4.69) is 11.8 Å². The fraction of sp³-hybridized carbons (Fsp3) is 0.938. The van der Waals surface area contributed by atoms with Crippen molar-refractivity contribution >= 4 is 5.97 Å². The maximum Gasteiger partial charge on any atom is 0.310 e. The number of methoxy groups -OCH3 is 1. The molecule has 1 N–H and O–H groups in total. The summed E-state index contributed by atoms with van der Waals surface area (Å²) in [6, 6.07) is 0.567. The van der Waals surface area contributed by atoms with Gasteiger partial charge in [0, 0.05) is 19.7 Å². The Morgan fingerprint density at radius 1 is 1.35 bits per heavy atom. The molecule has 2 aliphatic rings. The van der Waals surface area contributed by atoms with Crippen molar-refractivity contribution in [2.45, 2.75) is 70.4 Å². The van der Waals surface area contributed by atoms with Gasteiger partial charge in [0.05, 0.1) is 11.5 Å². The van der Waals surface area contributed by atoms with E-state index in [1.807, 2.05) is 0 Å². The first-order valence-electron chi connectivity index (χ1n) is 8.11. The van der Waals surface area contributed by atoms with Gasteiger partial charge in [-0.15, -0.1) is 0 Å². The first-order valence-corrected chi connectivity index (χ1v) is 8.11. The van der Waals surface area contributed by atoms with Crippen LogP contribution in [0.3, 0.4) is 0 Å². The van der Waals surface area contributed by atoms with Crippen LogP contribution in [0.5, 0.6) is 0 Å². The molecule has 1 heterocycles. The van der Waals surface area contributed by atoms with Gasteiger partial charge in [0.1, 0.15) is 0 Å². The zero-order chi connectivity index (χ0) is 14.6. The van der Waals surface area contributed by atoms with Gasteiger partial charge in [0.15, 0.2) is 0 Å². The number of aliphatic carboxylic acids is 1. The number of carboxylic acid groups (broad SMARTS) is 1. The van der Waals surface area contributed by atoms with Crippen LogP contribution in [0.4, 0.5) is 0 Å². The summed E-state index contributed by atoms with van der Waals surface area (Å²) in [4.78, 5) is 14.2. The number of rotatable bonds is 5. The van der Waals surface area contributed by atoms with E-state index >= 15 is 0 Å². The Bertz CT molecular complexity index is 322. The largest absolute Gasteiger partial charge is 0.481 e. The molecule has 1 saturated carbocycles. The van der Waals surface area contributed by atoms with Crippen LogP contribution in [-0.2, 0) is 9.53 Å². The fourth-order valence-electron chi connectivity index (χ4n) is 4.09. The Kier molecular flexibility index (Phi) is 5.44. The third-order valence-corrected chi connectivity index (χ3v) is 5.28. The number of piperidine rings is 1. The minimum atomic E-state index is -0.588. The number of nitrogens with zero attached hydrogens (tertiary/aromatic N) is 1. The van der Waals surface area contributed by atoms with Crippen LogP contribution in [0.25, 0.3) is 0 Å². The highest BCUT2D eigenvalue weighted by molar-refractivity contribution is 5.75. The van der Waals surface area contributed by atoms with Crippen molar-refractivity contribution in [1.29, 1.82) is 0 Å². The fourth-order valence-corrected chi connectivity index (χ4v) is 4.09. The van der Waals surface area contributed by atoms with E-state index < -0.39 is 11.4 Å². The Hall–Kier alpha value is -0.610. The molecule has 0 spiro atoms. The molecular formula is C16H29NO3. The van der Waals surface area contributed by atoms with Gasteiger partial charge in [-0.25, -0.2) is 0 Å². The molecule has 0 bridgehead atoms. The van der Waals surface area contributed by atoms with E-state index in [-0.39, 0.29) is 0 Å². The molecule has 1 atom stereocenters. The molecule has 1 unspecified atom stereocenters. The molecule has 0 amide bonds. The third kappa shape index (κ3) is 3.34. The Morgan fingerprint density at radius 2 is 2.05 bits per heavy atom. The quantitative estimate of drug-likeness (QED) is 0.843. The van der Waals surface area contributed by atoms with Gasteiger partial charge in [0.2, 0.25) is 0 Å². The summed E-state index contributed by atoms with van der Waals surface area (Å²) in [7, 11) is 1.79. The average Bonchev–Trinajstić information content (AvgIpc) is 2.48. The lowest BCUT2D eigenvalue weighted by Gasteiger charge is -2.45. The Morgan fingerprint density at radius 3 is 2.60 bits per heavy atom. The molecular weight excluding hydrogens is 254 g/mol. The van der Waals surface area contributed by atoms with Crippen LogP contribution in [0.1, 0.15) is 58.3 Å². The summed E-state index contributed by atoms with van der Waals surface area (Å²) in [5, 5.41) is 9.67. The molecule has 2 rings (SSSR count). The predicted molar refractivity (Wildman–Crippen MR) is 78.8 cm³/mol. The van der Waals surface area contributed by atoms with Crippen LogP contribution in [-0.4, -0.2) is 48.3 Å². The number of likely N-dealkylation sites (tertiary alicyclic amines) is 1. The van der Waals surface area contributed by atoms with Gasteiger partial charge in [-0.1, -0.05) is 13.3 Å². The second kappa shape index (κ2) is 6.90. The molecule has 0 aromatic rings. The summed E-state index contributed by atoms with van der Waals surface area (Å²) < 4.78 is 5.43. The number of hydrogen-bond acceptors (Lipinski definition) is 3. The van der Waals surface area contributed by atoms with Crippen LogP contribution in [0.15, 0.2) is 0 Å². The molecule has 0 aromatic carbocycles. The normalized spacial score (nSPS) is 35.9. The molecule has 4 heteroatoms. The molecule has 1 aliphatic carbocycles. The lowest BCUT2D eigenvalue weighted by molar-refractivity contribution is -0.154. The summed E-state index contributed by atoms with van der Waals surface area (Å²) in [6.45, 7) is 3.91.